The zero-order chi connectivity index (χ0) is 15.4. The molecule has 0 radical (unpaired) electrons. The number of nitrogens with one attached hydrogen (secondary N) is 2. The van der Waals surface area contributed by atoms with Gasteiger partial charge in [-0.1, -0.05) is 23.2 Å². The second-order valence-corrected chi connectivity index (χ2v) is 5.73. The lowest BCUT2D eigenvalue weighted by Gasteiger charge is -2.10. The molecule has 8 heteroatoms. The molecule has 21 heavy (non-hydrogen) atoms. The number of nitrogens with zero attached hydrogens (tertiary/aromatic N) is 1. The first-order chi connectivity index (χ1) is 9.97. The van der Waals surface area contributed by atoms with Crippen molar-refractivity contribution >= 4 is 40.5 Å². The fourth-order valence-electron chi connectivity index (χ4n) is 1.82. The van der Waals surface area contributed by atoms with E-state index in [-0.39, 0.29) is 21.6 Å². The van der Waals surface area contributed by atoms with Crippen molar-refractivity contribution < 1.29 is 9.72 Å². The molecular formula is C13H15Cl2N3O3. The Morgan fingerprint density at radius 3 is 2.48 bits per heavy atom. The van der Waals surface area contributed by atoms with Crippen LogP contribution in [0.1, 0.15) is 25.7 Å². The van der Waals surface area contributed by atoms with Crippen LogP contribution >= 0.6 is 23.2 Å². The summed E-state index contributed by atoms with van der Waals surface area (Å²) < 4.78 is 0. The van der Waals surface area contributed by atoms with Crippen molar-refractivity contribution in [3.8, 4) is 0 Å². The van der Waals surface area contributed by atoms with E-state index in [9.17, 15) is 14.9 Å². The number of carbonyl (C=O) groups excluding carboxylic acids is 1. The Morgan fingerprint density at radius 2 is 1.95 bits per heavy atom. The van der Waals surface area contributed by atoms with Crippen molar-refractivity contribution in [2.24, 2.45) is 0 Å². The quantitative estimate of drug-likeness (QED) is 0.455. The van der Waals surface area contributed by atoms with Gasteiger partial charge in [-0.25, -0.2) is 0 Å². The van der Waals surface area contributed by atoms with Crippen LogP contribution in [0.4, 0.5) is 11.4 Å². The SMILES string of the molecule is O=C(CCCNc1c(Cl)cc([N+](=O)[O-])cc1Cl)NC1CC1. The lowest BCUT2D eigenvalue weighted by atomic mass is 10.2. The lowest BCUT2D eigenvalue weighted by Crippen LogP contribution is -2.25. The molecule has 0 aromatic heterocycles. The molecule has 1 saturated carbocycles. The summed E-state index contributed by atoms with van der Waals surface area (Å²) in [5, 5.41) is 17.0. The Bertz CT molecular complexity index is 539. The highest BCUT2D eigenvalue weighted by Crippen LogP contribution is 2.34. The van der Waals surface area contributed by atoms with Crippen LogP contribution in [0.2, 0.25) is 10.0 Å². The first-order valence-corrected chi connectivity index (χ1v) is 7.39. The van der Waals surface area contributed by atoms with E-state index in [4.69, 9.17) is 23.2 Å². The maximum Gasteiger partial charge on any atom is 0.272 e. The number of nitro benzene ring substituents is 1. The number of anilines is 1. The Kier molecular flexibility index (Phi) is 5.25. The minimum atomic E-state index is -0.552. The van der Waals surface area contributed by atoms with Gasteiger partial charge in [-0.15, -0.1) is 0 Å². The number of rotatable bonds is 7. The first kappa shape index (κ1) is 15.9. The van der Waals surface area contributed by atoms with Crippen LogP contribution in [-0.2, 0) is 4.79 Å². The number of non-ortho nitro benzene ring substituents is 1. The van der Waals surface area contributed by atoms with Crippen LogP contribution in [0.3, 0.4) is 0 Å². The molecule has 0 atom stereocenters. The molecule has 114 valence electrons. The van der Waals surface area contributed by atoms with E-state index in [1.807, 2.05) is 0 Å². The van der Waals surface area contributed by atoms with Crippen molar-refractivity contribution in [3.63, 3.8) is 0 Å². The number of carbonyl (C=O) groups is 1. The Labute approximate surface area is 132 Å². The third-order valence-electron chi connectivity index (χ3n) is 3.06. The van der Waals surface area contributed by atoms with Gasteiger partial charge in [0.15, 0.2) is 0 Å². The maximum absolute atomic E-state index is 11.5. The summed E-state index contributed by atoms with van der Waals surface area (Å²) >= 11 is 11.9. The molecule has 1 aromatic rings. The van der Waals surface area contributed by atoms with E-state index < -0.39 is 4.92 Å². The van der Waals surface area contributed by atoms with Crippen LogP contribution in [0.15, 0.2) is 12.1 Å². The van der Waals surface area contributed by atoms with E-state index in [0.717, 1.165) is 12.8 Å². The highest BCUT2D eigenvalue weighted by Gasteiger charge is 2.22. The molecule has 0 bridgehead atoms. The van der Waals surface area contributed by atoms with Gasteiger partial charge in [0.2, 0.25) is 5.91 Å². The van der Waals surface area contributed by atoms with E-state index in [1.165, 1.54) is 12.1 Å². The molecule has 1 aliphatic carbocycles. The minimum Gasteiger partial charge on any atom is -0.383 e. The summed E-state index contributed by atoms with van der Waals surface area (Å²) in [5.74, 6) is 0.0418. The predicted molar refractivity (Wildman–Crippen MR) is 82.0 cm³/mol. The average Bonchev–Trinajstić information content (AvgIpc) is 3.20. The molecular weight excluding hydrogens is 317 g/mol. The van der Waals surface area contributed by atoms with E-state index in [1.54, 1.807) is 0 Å². The molecule has 1 amide bonds. The molecule has 6 nitrogen and oxygen atoms in total. The van der Waals surface area contributed by atoms with Crippen LogP contribution in [0.25, 0.3) is 0 Å². The largest absolute Gasteiger partial charge is 0.383 e. The third kappa shape index (κ3) is 4.75. The van der Waals surface area contributed by atoms with Gasteiger partial charge in [0.05, 0.1) is 20.7 Å². The molecule has 0 spiro atoms. The van der Waals surface area contributed by atoms with Crippen molar-refractivity contribution in [1.29, 1.82) is 0 Å². The maximum atomic E-state index is 11.5. The molecule has 0 aliphatic heterocycles. The number of halogens is 2. The number of hydrogen-bond acceptors (Lipinski definition) is 4. The summed E-state index contributed by atoms with van der Waals surface area (Å²) in [6.07, 6.45) is 3.18. The molecule has 0 unspecified atom stereocenters. The number of amides is 1. The van der Waals surface area contributed by atoms with E-state index in [0.29, 0.717) is 31.1 Å². The molecule has 2 N–H and O–H groups in total. The van der Waals surface area contributed by atoms with Crippen molar-refractivity contribution in [1.82, 2.24) is 5.32 Å². The number of benzene rings is 1. The van der Waals surface area contributed by atoms with Crippen LogP contribution < -0.4 is 10.6 Å². The second kappa shape index (κ2) is 6.95. The monoisotopic (exact) mass is 331 g/mol. The van der Waals surface area contributed by atoms with Gasteiger partial charge in [0, 0.05) is 31.1 Å². The van der Waals surface area contributed by atoms with Gasteiger partial charge in [-0.3, -0.25) is 14.9 Å². The first-order valence-electron chi connectivity index (χ1n) is 6.64. The minimum absolute atomic E-state index is 0.0418. The van der Waals surface area contributed by atoms with Crippen LogP contribution in [0, 0.1) is 10.1 Å². The van der Waals surface area contributed by atoms with Gasteiger partial charge < -0.3 is 10.6 Å². The van der Waals surface area contributed by atoms with Crippen LogP contribution in [0.5, 0.6) is 0 Å². The van der Waals surface area contributed by atoms with E-state index in [2.05, 4.69) is 10.6 Å². The third-order valence-corrected chi connectivity index (χ3v) is 3.66. The highest BCUT2D eigenvalue weighted by atomic mass is 35.5. The molecule has 1 fully saturated rings. The van der Waals surface area contributed by atoms with Crippen molar-refractivity contribution in [2.45, 2.75) is 31.7 Å². The van der Waals surface area contributed by atoms with Crippen molar-refractivity contribution in [2.75, 3.05) is 11.9 Å². The lowest BCUT2D eigenvalue weighted by molar-refractivity contribution is -0.384. The normalized spacial score (nSPS) is 13.8. The Balaban J connectivity index is 1.82. The Hall–Kier alpha value is -1.53. The fourth-order valence-corrected chi connectivity index (χ4v) is 2.43. The van der Waals surface area contributed by atoms with Crippen molar-refractivity contribution in [3.05, 3.63) is 32.3 Å². The average molecular weight is 332 g/mol. The summed E-state index contributed by atoms with van der Waals surface area (Å²) in [7, 11) is 0. The summed E-state index contributed by atoms with van der Waals surface area (Å²) in [4.78, 5) is 21.6. The Morgan fingerprint density at radius 1 is 1.33 bits per heavy atom. The zero-order valence-corrected chi connectivity index (χ0v) is 12.7. The number of hydrogen-bond donors (Lipinski definition) is 2. The number of nitro groups is 1. The molecule has 1 aliphatic rings. The standard InChI is InChI=1S/C13H15Cl2N3O3/c14-10-6-9(18(20)21)7-11(15)13(10)16-5-1-2-12(19)17-8-3-4-8/h6-8,16H,1-5H2,(H,17,19). The molecule has 1 aromatic carbocycles. The summed E-state index contributed by atoms with van der Waals surface area (Å²) in [6.45, 7) is 0.509. The van der Waals surface area contributed by atoms with Crippen LogP contribution in [-0.4, -0.2) is 23.4 Å². The molecule has 2 rings (SSSR count). The second-order valence-electron chi connectivity index (χ2n) is 4.91. The van der Waals surface area contributed by atoms with Gasteiger partial charge in [0.1, 0.15) is 0 Å². The topological polar surface area (TPSA) is 84.3 Å². The highest BCUT2D eigenvalue weighted by molar-refractivity contribution is 6.39. The predicted octanol–water partition coefficient (Wildman–Crippen LogP) is 3.37. The molecule has 0 saturated heterocycles. The molecule has 0 heterocycles. The van der Waals surface area contributed by atoms with E-state index >= 15 is 0 Å². The fraction of sp³-hybridized carbons (Fsp3) is 0.462. The smallest absolute Gasteiger partial charge is 0.272 e. The zero-order valence-electron chi connectivity index (χ0n) is 11.2. The van der Waals surface area contributed by atoms with Gasteiger partial charge in [0.25, 0.3) is 5.69 Å². The van der Waals surface area contributed by atoms with Gasteiger partial charge in [-0.2, -0.15) is 0 Å². The van der Waals surface area contributed by atoms with Gasteiger partial charge >= 0.3 is 0 Å². The summed E-state index contributed by atoms with van der Waals surface area (Å²) in [6, 6.07) is 2.86. The summed E-state index contributed by atoms with van der Waals surface area (Å²) in [5.41, 5.74) is 0.297. The van der Waals surface area contributed by atoms with Gasteiger partial charge in [-0.05, 0) is 19.3 Å².